The van der Waals surface area contributed by atoms with Gasteiger partial charge in [0.1, 0.15) is 0 Å². The fourth-order valence-electron chi connectivity index (χ4n) is 1.47. The number of hydrogen-bond acceptors (Lipinski definition) is 2. The van der Waals surface area contributed by atoms with Crippen LogP contribution >= 0.6 is 31.9 Å². The predicted octanol–water partition coefficient (Wildman–Crippen LogP) is 3.84. The maximum absolute atomic E-state index is 11.9. The van der Waals surface area contributed by atoms with E-state index in [1.165, 1.54) is 0 Å². The Bertz CT molecular complexity index is 580. The standard InChI is InChI=1S/C13H10Br2N2O/c1-17-12(11(15)8-16-17)6-7-13(18)9-2-4-10(14)5-3-9/h2-8H,1H3/b7-6+. The van der Waals surface area contributed by atoms with E-state index in [1.807, 2.05) is 19.2 Å². The van der Waals surface area contributed by atoms with Gasteiger partial charge in [-0.3, -0.25) is 9.48 Å². The first-order chi connectivity index (χ1) is 8.58. The predicted molar refractivity (Wildman–Crippen MR) is 78.4 cm³/mol. The Morgan fingerprint density at radius 2 is 1.94 bits per heavy atom. The molecule has 2 rings (SSSR count). The van der Waals surface area contributed by atoms with E-state index in [1.54, 1.807) is 35.2 Å². The fraction of sp³-hybridized carbons (Fsp3) is 0.0769. The van der Waals surface area contributed by atoms with Crippen LogP contribution in [0.3, 0.4) is 0 Å². The molecule has 1 aromatic carbocycles. The molecular formula is C13H10Br2N2O. The molecule has 1 heterocycles. The van der Waals surface area contributed by atoms with Crippen LogP contribution in [0.2, 0.25) is 0 Å². The van der Waals surface area contributed by atoms with Crippen LogP contribution in [0, 0.1) is 0 Å². The maximum atomic E-state index is 11.9. The van der Waals surface area contributed by atoms with E-state index < -0.39 is 0 Å². The third kappa shape index (κ3) is 2.97. The Labute approximate surface area is 122 Å². The van der Waals surface area contributed by atoms with Crippen LogP contribution in [0.25, 0.3) is 6.08 Å². The summed E-state index contributed by atoms with van der Waals surface area (Å²) in [6.45, 7) is 0. The molecule has 18 heavy (non-hydrogen) atoms. The number of aromatic nitrogens is 2. The van der Waals surface area contributed by atoms with E-state index in [0.29, 0.717) is 5.56 Å². The zero-order chi connectivity index (χ0) is 13.1. The van der Waals surface area contributed by atoms with Gasteiger partial charge in [0.15, 0.2) is 5.78 Å². The van der Waals surface area contributed by atoms with Crippen molar-refractivity contribution in [3.05, 3.63) is 56.7 Å². The quantitative estimate of drug-likeness (QED) is 0.608. The second kappa shape index (κ2) is 5.63. The van der Waals surface area contributed by atoms with Crippen LogP contribution in [-0.4, -0.2) is 15.6 Å². The molecule has 0 saturated heterocycles. The second-order valence-corrected chi connectivity index (χ2v) is 5.48. The highest BCUT2D eigenvalue weighted by Gasteiger charge is 2.04. The van der Waals surface area contributed by atoms with Gasteiger partial charge in [0.05, 0.1) is 16.4 Å². The number of benzene rings is 1. The van der Waals surface area contributed by atoms with E-state index in [4.69, 9.17) is 0 Å². The first-order valence-corrected chi connectivity index (χ1v) is 6.82. The number of rotatable bonds is 3. The van der Waals surface area contributed by atoms with E-state index in [0.717, 1.165) is 14.6 Å². The van der Waals surface area contributed by atoms with Crippen molar-refractivity contribution in [1.29, 1.82) is 0 Å². The molecule has 0 spiro atoms. The SMILES string of the molecule is Cn1ncc(Br)c1/C=C/C(=O)c1ccc(Br)cc1. The lowest BCUT2D eigenvalue weighted by atomic mass is 10.1. The molecular weight excluding hydrogens is 360 g/mol. The molecule has 0 amide bonds. The van der Waals surface area contributed by atoms with E-state index in [2.05, 4.69) is 37.0 Å². The molecule has 0 aliphatic rings. The second-order valence-electron chi connectivity index (χ2n) is 3.71. The fourth-order valence-corrected chi connectivity index (χ4v) is 2.22. The van der Waals surface area contributed by atoms with Crippen molar-refractivity contribution in [3.63, 3.8) is 0 Å². The molecule has 0 radical (unpaired) electrons. The van der Waals surface area contributed by atoms with Gasteiger partial charge >= 0.3 is 0 Å². The van der Waals surface area contributed by atoms with E-state index in [9.17, 15) is 4.79 Å². The molecule has 92 valence electrons. The van der Waals surface area contributed by atoms with Gasteiger partial charge < -0.3 is 0 Å². The number of aryl methyl sites for hydroxylation is 1. The van der Waals surface area contributed by atoms with Crippen LogP contribution < -0.4 is 0 Å². The number of carbonyl (C=O) groups is 1. The smallest absolute Gasteiger partial charge is 0.185 e. The Balaban J connectivity index is 2.19. The number of hydrogen-bond donors (Lipinski definition) is 0. The molecule has 1 aromatic heterocycles. The monoisotopic (exact) mass is 368 g/mol. The van der Waals surface area contributed by atoms with Crippen LogP contribution in [0.4, 0.5) is 0 Å². The van der Waals surface area contributed by atoms with Gasteiger partial charge in [-0.25, -0.2) is 0 Å². The summed E-state index contributed by atoms with van der Waals surface area (Å²) >= 11 is 6.72. The molecule has 0 unspecified atom stereocenters. The maximum Gasteiger partial charge on any atom is 0.185 e. The van der Waals surface area contributed by atoms with Crippen molar-refractivity contribution in [2.75, 3.05) is 0 Å². The van der Waals surface area contributed by atoms with E-state index in [-0.39, 0.29) is 5.78 Å². The molecule has 3 nitrogen and oxygen atoms in total. The Kier molecular flexibility index (Phi) is 4.14. The van der Waals surface area contributed by atoms with Crippen molar-refractivity contribution >= 4 is 43.7 Å². The number of carbonyl (C=O) groups excluding carboxylic acids is 1. The lowest BCUT2D eigenvalue weighted by Crippen LogP contribution is -1.96. The van der Waals surface area contributed by atoms with Crippen molar-refractivity contribution in [3.8, 4) is 0 Å². The van der Waals surface area contributed by atoms with Crippen LogP contribution in [0.5, 0.6) is 0 Å². The summed E-state index contributed by atoms with van der Waals surface area (Å²) in [5, 5.41) is 4.08. The minimum Gasteiger partial charge on any atom is -0.289 e. The summed E-state index contributed by atoms with van der Waals surface area (Å²) in [5.74, 6) is -0.0319. The Morgan fingerprint density at radius 3 is 2.50 bits per heavy atom. The van der Waals surface area contributed by atoms with Gasteiger partial charge in [-0.1, -0.05) is 15.9 Å². The molecule has 5 heteroatoms. The first kappa shape index (κ1) is 13.2. The average molecular weight is 370 g/mol. The lowest BCUT2D eigenvalue weighted by molar-refractivity contribution is 0.104. The summed E-state index contributed by atoms with van der Waals surface area (Å²) in [6, 6.07) is 7.27. The molecule has 0 aliphatic heterocycles. The van der Waals surface area contributed by atoms with Crippen LogP contribution in [0.15, 0.2) is 45.5 Å². The molecule has 2 aromatic rings. The molecule has 0 saturated carbocycles. The molecule has 0 N–H and O–H groups in total. The summed E-state index contributed by atoms with van der Waals surface area (Å²) in [6.07, 6.45) is 5.00. The molecule has 0 atom stereocenters. The normalized spacial score (nSPS) is 11.1. The largest absolute Gasteiger partial charge is 0.289 e. The molecule has 0 fully saturated rings. The number of halogens is 2. The summed E-state index contributed by atoms with van der Waals surface area (Å²) in [4.78, 5) is 11.9. The minimum atomic E-state index is -0.0319. The summed E-state index contributed by atoms with van der Waals surface area (Å²) in [5.41, 5.74) is 1.52. The minimum absolute atomic E-state index is 0.0319. The Morgan fingerprint density at radius 1 is 1.28 bits per heavy atom. The van der Waals surface area contributed by atoms with Gasteiger partial charge in [-0.05, 0) is 52.3 Å². The van der Waals surface area contributed by atoms with Gasteiger partial charge in [-0.2, -0.15) is 5.10 Å². The zero-order valence-electron chi connectivity index (χ0n) is 9.60. The molecule has 0 aliphatic carbocycles. The lowest BCUT2D eigenvalue weighted by Gasteiger charge is -1.97. The number of allylic oxidation sites excluding steroid dienone is 1. The number of ketones is 1. The topological polar surface area (TPSA) is 34.9 Å². The Hall–Kier alpha value is -1.20. The average Bonchev–Trinajstić information content (AvgIpc) is 2.67. The van der Waals surface area contributed by atoms with Gasteiger partial charge in [0.2, 0.25) is 0 Å². The summed E-state index contributed by atoms with van der Waals surface area (Å²) in [7, 11) is 1.83. The highest BCUT2D eigenvalue weighted by Crippen LogP contribution is 2.17. The van der Waals surface area contributed by atoms with Crippen molar-refractivity contribution in [2.45, 2.75) is 0 Å². The third-order valence-corrected chi connectivity index (χ3v) is 3.60. The number of nitrogens with zero attached hydrogens (tertiary/aromatic N) is 2. The van der Waals surface area contributed by atoms with Crippen LogP contribution in [-0.2, 0) is 7.05 Å². The summed E-state index contributed by atoms with van der Waals surface area (Å²) < 4.78 is 3.53. The highest BCUT2D eigenvalue weighted by atomic mass is 79.9. The molecule has 0 bridgehead atoms. The highest BCUT2D eigenvalue weighted by molar-refractivity contribution is 9.10. The van der Waals surface area contributed by atoms with Gasteiger partial charge in [0.25, 0.3) is 0 Å². The van der Waals surface area contributed by atoms with Crippen molar-refractivity contribution in [2.24, 2.45) is 7.05 Å². The van der Waals surface area contributed by atoms with Crippen molar-refractivity contribution in [1.82, 2.24) is 9.78 Å². The van der Waals surface area contributed by atoms with Gasteiger partial charge in [0, 0.05) is 17.1 Å². The zero-order valence-corrected chi connectivity index (χ0v) is 12.8. The third-order valence-electron chi connectivity index (χ3n) is 2.46. The van der Waals surface area contributed by atoms with Gasteiger partial charge in [-0.15, -0.1) is 0 Å². The van der Waals surface area contributed by atoms with Crippen LogP contribution in [0.1, 0.15) is 16.1 Å². The first-order valence-electron chi connectivity index (χ1n) is 5.23. The van der Waals surface area contributed by atoms with Crippen molar-refractivity contribution < 1.29 is 4.79 Å². The van der Waals surface area contributed by atoms with E-state index >= 15 is 0 Å².